The summed E-state index contributed by atoms with van der Waals surface area (Å²) in [4.78, 5) is 25.7. The number of rotatable bonds is 5. The molecule has 24 heavy (non-hydrogen) atoms. The number of carbonyl (C=O) groups is 2. The van der Waals surface area contributed by atoms with Crippen molar-refractivity contribution < 1.29 is 9.59 Å². The first kappa shape index (κ1) is 16.5. The first-order valence-electron chi connectivity index (χ1n) is 7.97. The number of nitrogens with one attached hydrogen (secondary N) is 1. The summed E-state index contributed by atoms with van der Waals surface area (Å²) in [7, 11) is 0. The molecule has 0 spiro atoms. The largest absolute Gasteiger partial charge is 0.326 e. The Kier molecular flexibility index (Phi) is 4.86. The van der Waals surface area contributed by atoms with Crippen molar-refractivity contribution in [1.82, 2.24) is 0 Å². The van der Waals surface area contributed by atoms with Crippen molar-refractivity contribution in [3.63, 3.8) is 0 Å². The molecule has 1 fully saturated rings. The number of anilines is 2. The van der Waals surface area contributed by atoms with Crippen LogP contribution < -0.4 is 10.2 Å². The molecule has 124 valence electrons. The molecular formula is C19H19ClN2O2. The molecule has 1 N–H and O–H groups in total. The van der Waals surface area contributed by atoms with E-state index in [1.54, 1.807) is 19.1 Å². The van der Waals surface area contributed by atoms with Crippen molar-refractivity contribution in [2.45, 2.75) is 32.2 Å². The van der Waals surface area contributed by atoms with Crippen LogP contribution in [-0.4, -0.2) is 17.9 Å². The molecule has 2 aromatic carbocycles. The SMILES string of the molecule is CC(=O)N(c1ccc(NC(=O)Cc2ccc(Cl)cc2)cc1)C1CC1. The van der Waals surface area contributed by atoms with Gasteiger partial charge in [-0.3, -0.25) is 9.59 Å². The number of benzene rings is 2. The molecule has 2 aromatic rings. The van der Waals surface area contributed by atoms with E-state index in [0.29, 0.717) is 17.5 Å². The van der Waals surface area contributed by atoms with Crippen molar-refractivity contribution >= 4 is 34.8 Å². The lowest BCUT2D eigenvalue weighted by molar-refractivity contribution is -0.117. The molecule has 0 heterocycles. The van der Waals surface area contributed by atoms with Gasteiger partial charge in [-0.2, -0.15) is 0 Å². The number of amides is 2. The first-order valence-corrected chi connectivity index (χ1v) is 8.35. The summed E-state index contributed by atoms with van der Waals surface area (Å²) in [6.07, 6.45) is 2.40. The normalized spacial score (nSPS) is 13.4. The van der Waals surface area contributed by atoms with Gasteiger partial charge in [-0.1, -0.05) is 23.7 Å². The molecule has 0 bridgehead atoms. The summed E-state index contributed by atoms with van der Waals surface area (Å²) >= 11 is 5.84. The van der Waals surface area contributed by atoms with Crippen LogP contribution in [0.15, 0.2) is 48.5 Å². The average molecular weight is 343 g/mol. The lowest BCUT2D eigenvalue weighted by Crippen LogP contribution is -2.30. The maximum atomic E-state index is 12.1. The molecule has 1 saturated carbocycles. The summed E-state index contributed by atoms with van der Waals surface area (Å²) in [6, 6.07) is 14.9. The summed E-state index contributed by atoms with van der Waals surface area (Å²) in [5, 5.41) is 3.52. The van der Waals surface area contributed by atoms with Gasteiger partial charge < -0.3 is 10.2 Å². The lowest BCUT2D eigenvalue weighted by atomic mass is 10.1. The highest BCUT2D eigenvalue weighted by molar-refractivity contribution is 6.30. The van der Waals surface area contributed by atoms with E-state index in [-0.39, 0.29) is 11.8 Å². The van der Waals surface area contributed by atoms with Crippen LogP contribution in [0.3, 0.4) is 0 Å². The quantitative estimate of drug-likeness (QED) is 0.891. The molecule has 1 aliphatic carbocycles. The highest BCUT2D eigenvalue weighted by atomic mass is 35.5. The van der Waals surface area contributed by atoms with Crippen molar-refractivity contribution in [2.24, 2.45) is 0 Å². The fourth-order valence-corrected chi connectivity index (χ4v) is 2.81. The van der Waals surface area contributed by atoms with Gasteiger partial charge in [0, 0.05) is 29.4 Å². The van der Waals surface area contributed by atoms with E-state index in [1.165, 1.54) is 0 Å². The van der Waals surface area contributed by atoms with Crippen LogP contribution in [0, 0.1) is 0 Å². The molecule has 2 amide bonds. The zero-order valence-electron chi connectivity index (χ0n) is 13.5. The fourth-order valence-electron chi connectivity index (χ4n) is 2.68. The minimum atomic E-state index is -0.0873. The molecule has 0 unspecified atom stereocenters. The maximum absolute atomic E-state index is 12.1. The standard InChI is InChI=1S/C19H19ClN2O2/c1-13(23)22(18-10-11-18)17-8-6-16(7-9-17)21-19(24)12-14-2-4-15(20)5-3-14/h2-9,18H,10-12H2,1H3,(H,21,24). The third-order valence-electron chi connectivity index (χ3n) is 3.96. The first-order chi connectivity index (χ1) is 11.5. The topological polar surface area (TPSA) is 49.4 Å². The van der Waals surface area contributed by atoms with Crippen molar-refractivity contribution in [2.75, 3.05) is 10.2 Å². The van der Waals surface area contributed by atoms with Crippen molar-refractivity contribution in [3.05, 3.63) is 59.1 Å². The van der Waals surface area contributed by atoms with Gasteiger partial charge in [0.2, 0.25) is 11.8 Å². The van der Waals surface area contributed by atoms with Crippen LogP contribution in [0.1, 0.15) is 25.3 Å². The Balaban J connectivity index is 1.62. The minimum Gasteiger partial charge on any atom is -0.326 e. The number of nitrogens with zero attached hydrogens (tertiary/aromatic N) is 1. The Morgan fingerprint density at radius 2 is 1.71 bits per heavy atom. The number of hydrogen-bond donors (Lipinski definition) is 1. The van der Waals surface area contributed by atoms with Crippen LogP contribution in [0.25, 0.3) is 0 Å². The van der Waals surface area contributed by atoms with Gasteiger partial charge in [-0.05, 0) is 54.8 Å². The van der Waals surface area contributed by atoms with E-state index in [1.807, 2.05) is 41.3 Å². The van der Waals surface area contributed by atoms with E-state index in [2.05, 4.69) is 5.32 Å². The summed E-state index contributed by atoms with van der Waals surface area (Å²) < 4.78 is 0. The van der Waals surface area contributed by atoms with Gasteiger partial charge in [-0.25, -0.2) is 0 Å². The van der Waals surface area contributed by atoms with Crippen molar-refractivity contribution in [3.8, 4) is 0 Å². The zero-order chi connectivity index (χ0) is 17.1. The molecule has 0 atom stereocenters. The molecule has 0 radical (unpaired) electrons. The smallest absolute Gasteiger partial charge is 0.228 e. The molecular weight excluding hydrogens is 324 g/mol. The Bertz CT molecular complexity index is 737. The van der Waals surface area contributed by atoms with Gasteiger partial charge in [0.25, 0.3) is 0 Å². The van der Waals surface area contributed by atoms with Gasteiger partial charge >= 0.3 is 0 Å². The Morgan fingerprint density at radius 1 is 1.08 bits per heavy atom. The molecule has 3 rings (SSSR count). The second-order valence-corrected chi connectivity index (χ2v) is 6.45. The summed E-state index contributed by atoms with van der Waals surface area (Å²) in [5.41, 5.74) is 2.50. The average Bonchev–Trinajstić information content (AvgIpc) is 3.36. The van der Waals surface area contributed by atoms with E-state index >= 15 is 0 Å². The van der Waals surface area contributed by atoms with E-state index in [0.717, 1.165) is 29.8 Å². The van der Waals surface area contributed by atoms with E-state index in [4.69, 9.17) is 11.6 Å². The maximum Gasteiger partial charge on any atom is 0.228 e. The number of halogens is 1. The summed E-state index contributed by atoms with van der Waals surface area (Å²) in [6.45, 7) is 1.58. The predicted octanol–water partition coefficient (Wildman–Crippen LogP) is 4.04. The molecule has 1 aliphatic rings. The third kappa shape index (κ3) is 4.15. The molecule has 5 heteroatoms. The highest BCUT2D eigenvalue weighted by Gasteiger charge is 2.31. The molecule has 0 aliphatic heterocycles. The molecule has 4 nitrogen and oxygen atoms in total. The van der Waals surface area contributed by atoms with Gasteiger partial charge in [0.15, 0.2) is 0 Å². The monoisotopic (exact) mass is 342 g/mol. The van der Waals surface area contributed by atoms with Crippen LogP contribution >= 0.6 is 11.6 Å². The minimum absolute atomic E-state index is 0.0528. The van der Waals surface area contributed by atoms with Crippen LogP contribution in [-0.2, 0) is 16.0 Å². The molecule has 0 saturated heterocycles. The van der Waals surface area contributed by atoms with Crippen LogP contribution in [0.2, 0.25) is 5.02 Å². The molecule has 0 aromatic heterocycles. The summed E-state index contributed by atoms with van der Waals surface area (Å²) in [5.74, 6) is -0.0345. The second-order valence-electron chi connectivity index (χ2n) is 6.02. The lowest BCUT2D eigenvalue weighted by Gasteiger charge is -2.21. The fraction of sp³-hybridized carbons (Fsp3) is 0.263. The number of carbonyl (C=O) groups excluding carboxylic acids is 2. The van der Waals surface area contributed by atoms with Gasteiger partial charge in [-0.15, -0.1) is 0 Å². The Morgan fingerprint density at radius 3 is 2.25 bits per heavy atom. The number of hydrogen-bond acceptors (Lipinski definition) is 2. The Labute approximate surface area is 146 Å². The van der Waals surface area contributed by atoms with E-state index < -0.39 is 0 Å². The predicted molar refractivity (Wildman–Crippen MR) is 96.4 cm³/mol. The van der Waals surface area contributed by atoms with Gasteiger partial charge in [0.1, 0.15) is 0 Å². The van der Waals surface area contributed by atoms with Crippen LogP contribution in [0.5, 0.6) is 0 Å². The third-order valence-corrected chi connectivity index (χ3v) is 4.21. The van der Waals surface area contributed by atoms with Crippen LogP contribution in [0.4, 0.5) is 11.4 Å². The van der Waals surface area contributed by atoms with Crippen molar-refractivity contribution in [1.29, 1.82) is 0 Å². The second kappa shape index (κ2) is 7.05. The highest BCUT2D eigenvalue weighted by Crippen LogP contribution is 2.32. The zero-order valence-corrected chi connectivity index (χ0v) is 14.2. The Hall–Kier alpha value is -2.33. The van der Waals surface area contributed by atoms with Gasteiger partial charge in [0.05, 0.1) is 6.42 Å². The van der Waals surface area contributed by atoms with E-state index in [9.17, 15) is 9.59 Å².